The fourth-order valence-electron chi connectivity index (χ4n) is 7.77. The number of aliphatic hydroxyl groups is 1. The molecular weight excluding hydrogens is 394 g/mol. The smallest absolute Gasteiger partial charge is 0.130 e. The minimum atomic E-state index is -0.920. The number of nitrogens with zero attached hydrogens (tertiary/aromatic N) is 3. The lowest BCUT2D eigenvalue weighted by atomic mass is 9.51. The first-order valence-corrected chi connectivity index (χ1v) is 11.9. The molecule has 4 aliphatic rings. The van der Waals surface area contributed by atoms with Crippen LogP contribution in [0, 0.1) is 46.3 Å². The summed E-state index contributed by atoms with van der Waals surface area (Å²) in [5.41, 5.74) is 2.16. The average molecular weight is 426 g/mol. The van der Waals surface area contributed by atoms with Crippen LogP contribution in [-0.4, -0.2) is 25.7 Å². The van der Waals surface area contributed by atoms with Gasteiger partial charge in [-0.2, -0.15) is 15.0 Å². The van der Waals surface area contributed by atoms with E-state index in [0.29, 0.717) is 23.7 Å². The van der Waals surface area contributed by atoms with Crippen LogP contribution in [-0.2, 0) is 6.54 Å². The van der Waals surface area contributed by atoms with Crippen molar-refractivity contribution in [1.82, 2.24) is 15.0 Å². The Morgan fingerprint density at radius 2 is 2.03 bits per heavy atom. The summed E-state index contributed by atoms with van der Waals surface area (Å²) < 4.78 is 0. The van der Waals surface area contributed by atoms with E-state index in [2.05, 4.69) is 41.1 Å². The molecule has 160 valence electrons. The van der Waals surface area contributed by atoms with Crippen LogP contribution in [0.3, 0.4) is 0 Å². The Labute approximate surface area is 184 Å². The van der Waals surface area contributed by atoms with E-state index in [4.69, 9.17) is 11.6 Å². The molecule has 0 saturated heterocycles. The van der Waals surface area contributed by atoms with Gasteiger partial charge in [0, 0.05) is 11.8 Å². The SMILES string of the molecule is C=C(Cn1nccn1)[C@H]1CC[C@H]2[C@@H]3CC=C4C[C@@](O)(C#CCl)CC[C@@H]4[C@H]3CC[C@]12C. The Kier molecular flexibility index (Phi) is 5.11. The molecule has 0 bridgehead atoms. The van der Waals surface area contributed by atoms with E-state index in [-0.39, 0.29) is 0 Å². The maximum atomic E-state index is 10.8. The van der Waals surface area contributed by atoms with Gasteiger partial charge < -0.3 is 5.11 Å². The first kappa shape index (κ1) is 20.3. The summed E-state index contributed by atoms with van der Waals surface area (Å²) in [7, 11) is 0. The van der Waals surface area contributed by atoms with Crippen LogP contribution in [0.1, 0.15) is 58.3 Å². The highest BCUT2D eigenvalue weighted by molar-refractivity contribution is 6.30. The second-order valence-corrected chi connectivity index (χ2v) is 10.6. The summed E-state index contributed by atoms with van der Waals surface area (Å²) in [6.45, 7) is 7.75. The standard InChI is InChI=1S/C25H32ClN3O/c1-17(16-29-27-13-14-28-29)22-5-6-23-21-4-3-18-15-25(30,11-12-26)10-8-19(18)20(21)7-9-24(22,23)2/h3,13-14,19-23,30H,1,4-10,15-16H2,2H3/t19-,20+,21+,22+,23-,24+,25-/m0/s1. The summed E-state index contributed by atoms with van der Waals surface area (Å²) >= 11 is 5.61. The molecule has 5 rings (SSSR count). The maximum absolute atomic E-state index is 10.8. The van der Waals surface area contributed by atoms with E-state index in [1.54, 1.807) is 17.2 Å². The van der Waals surface area contributed by atoms with E-state index in [1.807, 2.05) is 0 Å². The molecule has 0 spiro atoms. The second kappa shape index (κ2) is 7.53. The van der Waals surface area contributed by atoms with Crippen LogP contribution in [0.25, 0.3) is 0 Å². The van der Waals surface area contributed by atoms with Gasteiger partial charge in [0.2, 0.25) is 0 Å². The molecule has 0 amide bonds. The predicted molar refractivity (Wildman–Crippen MR) is 118 cm³/mol. The Hall–Kier alpha value is -1.57. The number of rotatable bonds is 3. The zero-order valence-corrected chi connectivity index (χ0v) is 18.6. The number of hydrogen-bond donors (Lipinski definition) is 1. The third kappa shape index (κ3) is 3.26. The minimum Gasteiger partial charge on any atom is -0.377 e. The molecule has 1 heterocycles. The van der Waals surface area contributed by atoms with E-state index in [9.17, 15) is 5.11 Å². The molecular formula is C25H32ClN3O. The largest absolute Gasteiger partial charge is 0.377 e. The van der Waals surface area contributed by atoms with Gasteiger partial charge in [0.1, 0.15) is 5.60 Å². The first-order chi connectivity index (χ1) is 14.4. The summed E-state index contributed by atoms with van der Waals surface area (Å²) in [5.74, 6) is 6.34. The van der Waals surface area contributed by atoms with Gasteiger partial charge in [-0.3, -0.25) is 0 Å². The van der Waals surface area contributed by atoms with Crippen LogP contribution in [0.4, 0.5) is 0 Å². The number of allylic oxidation sites excluding steroid dienone is 2. The molecule has 4 nitrogen and oxygen atoms in total. The third-order valence-corrected chi connectivity index (χ3v) is 9.18. The monoisotopic (exact) mass is 425 g/mol. The van der Waals surface area contributed by atoms with E-state index in [0.717, 1.165) is 43.6 Å². The lowest BCUT2D eigenvalue weighted by molar-refractivity contribution is -0.0205. The molecule has 1 N–H and O–H groups in total. The van der Waals surface area contributed by atoms with Crippen molar-refractivity contribution < 1.29 is 5.11 Å². The van der Waals surface area contributed by atoms with Crippen molar-refractivity contribution in [2.45, 2.75) is 70.4 Å². The van der Waals surface area contributed by atoms with Crippen LogP contribution >= 0.6 is 11.6 Å². The van der Waals surface area contributed by atoms with Crippen molar-refractivity contribution in [2.75, 3.05) is 0 Å². The Morgan fingerprint density at radius 1 is 1.23 bits per heavy atom. The molecule has 7 atom stereocenters. The normalized spacial score (nSPS) is 42.2. The molecule has 0 aliphatic heterocycles. The van der Waals surface area contributed by atoms with Crippen molar-refractivity contribution in [3.8, 4) is 11.3 Å². The van der Waals surface area contributed by atoms with Gasteiger partial charge in [0.15, 0.2) is 0 Å². The predicted octanol–water partition coefficient (Wildman–Crippen LogP) is 4.95. The van der Waals surface area contributed by atoms with Crippen molar-refractivity contribution in [1.29, 1.82) is 0 Å². The zero-order chi connectivity index (χ0) is 20.9. The molecule has 3 fully saturated rings. The van der Waals surface area contributed by atoms with Crippen molar-refractivity contribution in [3.05, 3.63) is 36.2 Å². The third-order valence-electron chi connectivity index (χ3n) is 9.09. The van der Waals surface area contributed by atoms with Gasteiger partial charge in [0.05, 0.1) is 18.9 Å². The van der Waals surface area contributed by atoms with Gasteiger partial charge in [-0.15, -0.1) is 0 Å². The zero-order valence-electron chi connectivity index (χ0n) is 17.9. The van der Waals surface area contributed by atoms with Gasteiger partial charge >= 0.3 is 0 Å². The molecule has 4 aliphatic carbocycles. The van der Waals surface area contributed by atoms with Crippen molar-refractivity contribution in [2.24, 2.45) is 35.0 Å². The fraction of sp³-hybridized carbons (Fsp3) is 0.680. The topological polar surface area (TPSA) is 50.9 Å². The van der Waals surface area contributed by atoms with Crippen LogP contribution in [0.15, 0.2) is 36.2 Å². The quantitative estimate of drug-likeness (QED) is 0.550. The molecule has 0 aromatic carbocycles. The number of halogens is 1. The van der Waals surface area contributed by atoms with Crippen LogP contribution < -0.4 is 0 Å². The van der Waals surface area contributed by atoms with Crippen LogP contribution in [0.2, 0.25) is 0 Å². The number of hydrogen-bond acceptors (Lipinski definition) is 3. The Bertz CT molecular complexity index is 913. The highest BCUT2D eigenvalue weighted by Gasteiger charge is 2.56. The van der Waals surface area contributed by atoms with Crippen molar-refractivity contribution >= 4 is 11.6 Å². The second-order valence-electron chi connectivity index (χ2n) is 10.4. The molecule has 3 saturated carbocycles. The molecule has 30 heavy (non-hydrogen) atoms. The van der Waals surface area contributed by atoms with Crippen molar-refractivity contribution in [3.63, 3.8) is 0 Å². The molecule has 0 radical (unpaired) electrons. The van der Waals surface area contributed by atoms with Gasteiger partial charge in [-0.1, -0.05) is 36.6 Å². The van der Waals surface area contributed by atoms with E-state index >= 15 is 0 Å². The van der Waals surface area contributed by atoms with Gasteiger partial charge in [-0.25, -0.2) is 0 Å². The average Bonchev–Trinajstić information content (AvgIpc) is 3.34. The highest BCUT2D eigenvalue weighted by Crippen LogP contribution is 2.64. The number of fused-ring (bicyclic) bond motifs is 5. The lowest BCUT2D eigenvalue weighted by Crippen LogP contribution is -2.47. The summed E-state index contributed by atoms with van der Waals surface area (Å²) in [6, 6.07) is 0. The van der Waals surface area contributed by atoms with Crippen LogP contribution in [0.5, 0.6) is 0 Å². The van der Waals surface area contributed by atoms with E-state index < -0.39 is 5.60 Å². The molecule has 0 unspecified atom stereocenters. The maximum Gasteiger partial charge on any atom is 0.130 e. The highest BCUT2D eigenvalue weighted by atomic mass is 35.5. The molecule has 5 heteroatoms. The van der Waals surface area contributed by atoms with Gasteiger partial charge in [0.25, 0.3) is 0 Å². The fourth-order valence-corrected chi connectivity index (χ4v) is 7.95. The summed E-state index contributed by atoms with van der Waals surface area (Å²) in [6.07, 6.45) is 14.7. The van der Waals surface area contributed by atoms with E-state index in [1.165, 1.54) is 36.8 Å². The Balaban J connectivity index is 1.34. The molecule has 1 aromatic rings. The Morgan fingerprint density at radius 3 is 2.80 bits per heavy atom. The minimum absolute atomic E-state index is 0.344. The number of aromatic nitrogens is 3. The summed E-state index contributed by atoms with van der Waals surface area (Å²) in [5, 5.41) is 21.8. The molecule has 1 aromatic heterocycles. The first-order valence-electron chi connectivity index (χ1n) is 11.5. The summed E-state index contributed by atoms with van der Waals surface area (Å²) in [4.78, 5) is 1.77. The lowest BCUT2D eigenvalue weighted by Gasteiger charge is -2.54. The van der Waals surface area contributed by atoms with Gasteiger partial charge in [-0.05, 0) is 91.6 Å².